The number of rotatable bonds is 3. The van der Waals surface area contributed by atoms with Crippen molar-refractivity contribution in [3.05, 3.63) is 99.7 Å². The zero-order valence-electron chi connectivity index (χ0n) is 19.2. The third-order valence-electron chi connectivity index (χ3n) is 7.90. The minimum Gasteiger partial charge on any atom is -0.497 e. The molecule has 1 saturated heterocycles. The van der Waals surface area contributed by atoms with E-state index in [4.69, 9.17) is 4.74 Å². The van der Waals surface area contributed by atoms with Crippen molar-refractivity contribution in [3.8, 4) is 5.75 Å². The Balaban J connectivity index is 1.43. The number of hydrogen-bond acceptors (Lipinski definition) is 2. The lowest BCUT2D eigenvalue weighted by Crippen LogP contribution is -2.55. The molecule has 1 unspecified atom stereocenters. The predicted octanol–water partition coefficient (Wildman–Crippen LogP) is 6.14. The van der Waals surface area contributed by atoms with E-state index in [9.17, 15) is 4.79 Å². The molecule has 6 rings (SSSR count). The summed E-state index contributed by atoms with van der Waals surface area (Å²) < 4.78 is 6.67. The van der Waals surface area contributed by atoms with E-state index in [0.29, 0.717) is 5.92 Å². The molecule has 1 N–H and O–H groups in total. The molecule has 1 fully saturated rings. The van der Waals surface area contributed by atoms with Crippen LogP contribution < -0.4 is 4.74 Å². The monoisotopic (exact) mass is 514 g/mol. The smallest absolute Gasteiger partial charge is 0.253 e. The molecule has 2 heterocycles. The van der Waals surface area contributed by atoms with Crippen molar-refractivity contribution in [2.24, 2.45) is 5.92 Å². The van der Waals surface area contributed by atoms with Gasteiger partial charge < -0.3 is 14.6 Å². The number of benzene rings is 3. The van der Waals surface area contributed by atoms with E-state index in [1.807, 2.05) is 36.4 Å². The molecule has 34 heavy (non-hydrogen) atoms. The Bertz CT molecular complexity index is 1380. The summed E-state index contributed by atoms with van der Waals surface area (Å²) in [5.41, 5.74) is 5.96. The van der Waals surface area contributed by atoms with Gasteiger partial charge in [-0.25, -0.2) is 0 Å². The lowest BCUT2D eigenvalue weighted by atomic mass is 9.58. The minimum atomic E-state index is -0.0346. The average Bonchev–Trinajstić information content (AvgIpc) is 3.22. The largest absolute Gasteiger partial charge is 0.497 e. The van der Waals surface area contributed by atoms with Gasteiger partial charge >= 0.3 is 0 Å². The number of ether oxygens (including phenoxy) is 1. The Morgan fingerprint density at radius 3 is 2.76 bits per heavy atom. The zero-order valence-corrected chi connectivity index (χ0v) is 20.8. The fourth-order valence-corrected chi connectivity index (χ4v) is 6.52. The van der Waals surface area contributed by atoms with Crippen molar-refractivity contribution in [2.75, 3.05) is 20.2 Å². The van der Waals surface area contributed by atoms with E-state index in [1.165, 1.54) is 27.7 Å². The highest BCUT2D eigenvalue weighted by molar-refractivity contribution is 9.10. The summed E-state index contributed by atoms with van der Waals surface area (Å²) in [5, 5.41) is 1.30. The molecule has 5 heteroatoms. The fourth-order valence-electron chi connectivity index (χ4n) is 6.16. The first-order valence-electron chi connectivity index (χ1n) is 11.9. The van der Waals surface area contributed by atoms with Crippen molar-refractivity contribution in [2.45, 2.75) is 24.7 Å². The number of carbonyl (C=O) groups is 1. The number of piperidine rings is 1. The van der Waals surface area contributed by atoms with E-state index in [2.05, 4.69) is 62.2 Å². The van der Waals surface area contributed by atoms with Gasteiger partial charge in [0, 0.05) is 45.1 Å². The molecule has 1 aliphatic carbocycles. The second-order valence-electron chi connectivity index (χ2n) is 9.61. The average molecular weight is 515 g/mol. The van der Waals surface area contributed by atoms with Crippen LogP contribution in [-0.4, -0.2) is 36.0 Å². The topological polar surface area (TPSA) is 45.3 Å². The van der Waals surface area contributed by atoms with Crippen molar-refractivity contribution in [1.29, 1.82) is 0 Å². The van der Waals surface area contributed by atoms with E-state index >= 15 is 0 Å². The van der Waals surface area contributed by atoms with Crippen LogP contribution in [-0.2, 0) is 18.3 Å². The minimum absolute atomic E-state index is 0.0346. The molecular weight excluding hydrogens is 488 g/mol. The first-order chi connectivity index (χ1) is 16.6. The second kappa shape index (κ2) is 8.31. The normalized spacial score (nSPS) is 21.7. The molecule has 0 bridgehead atoms. The van der Waals surface area contributed by atoms with Gasteiger partial charge in [-0.05, 0) is 72.7 Å². The molecule has 2 atom stereocenters. The van der Waals surface area contributed by atoms with Gasteiger partial charge in [-0.1, -0.05) is 52.3 Å². The molecule has 172 valence electrons. The Kier molecular flexibility index (Phi) is 5.25. The number of likely N-dealkylation sites (tertiary alicyclic amines) is 1. The summed E-state index contributed by atoms with van der Waals surface area (Å²) in [4.78, 5) is 19.2. The molecular formula is C29H27BrN2O2. The maximum atomic E-state index is 13.4. The van der Waals surface area contributed by atoms with Crippen LogP contribution in [0.4, 0.5) is 0 Å². The van der Waals surface area contributed by atoms with Crippen LogP contribution in [0.25, 0.3) is 10.9 Å². The molecule has 2 aliphatic rings. The van der Waals surface area contributed by atoms with Crippen LogP contribution in [0.1, 0.15) is 33.6 Å². The summed E-state index contributed by atoms with van der Waals surface area (Å²) in [6.45, 7) is 1.51. The van der Waals surface area contributed by atoms with Crippen LogP contribution in [0, 0.1) is 5.92 Å². The molecule has 1 amide bonds. The van der Waals surface area contributed by atoms with Crippen molar-refractivity contribution < 1.29 is 9.53 Å². The number of halogens is 1. The highest BCUT2D eigenvalue weighted by Gasteiger charge is 2.49. The Morgan fingerprint density at radius 2 is 1.94 bits per heavy atom. The second-order valence-corrected chi connectivity index (χ2v) is 10.5. The number of nitrogens with zero attached hydrogens (tertiary/aromatic N) is 1. The number of H-pyrrole nitrogens is 1. The Hall–Kier alpha value is -3.05. The highest BCUT2D eigenvalue weighted by atomic mass is 79.9. The quantitative estimate of drug-likeness (QED) is 0.357. The van der Waals surface area contributed by atoms with Gasteiger partial charge in [0.15, 0.2) is 0 Å². The number of amides is 1. The predicted molar refractivity (Wildman–Crippen MR) is 139 cm³/mol. The number of hydrogen-bond donors (Lipinski definition) is 1. The van der Waals surface area contributed by atoms with Gasteiger partial charge in [-0.3, -0.25) is 4.79 Å². The fraction of sp³-hybridized carbons (Fsp3) is 0.276. The zero-order chi connectivity index (χ0) is 23.3. The van der Waals surface area contributed by atoms with E-state index in [1.54, 1.807) is 7.11 Å². The number of nitrogens with one attached hydrogen (secondary N) is 1. The van der Waals surface area contributed by atoms with Gasteiger partial charge in [-0.2, -0.15) is 0 Å². The SMILES string of the molecule is COc1cccc([C@]23CCN(C(=O)c4ccccc4)CC2Cc2c([nH]c4cc(Br)ccc24)C3)c1. The number of fused-ring (bicyclic) bond motifs is 4. The standard InChI is InChI=1S/C29H27BrN2O2/c1-34-23-9-5-8-20(14-23)29-12-13-32(28(33)19-6-3-2-4-7-19)18-21(29)15-25-24-11-10-22(30)16-26(24)31-27(25)17-29/h2-11,14,16,21,31H,12-13,15,17-18H2,1H3/t21?,29-/m1/s1. The Morgan fingerprint density at radius 1 is 1.09 bits per heavy atom. The van der Waals surface area contributed by atoms with Gasteiger partial charge in [-0.15, -0.1) is 0 Å². The van der Waals surface area contributed by atoms with Crippen molar-refractivity contribution in [1.82, 2.24) is 9.88 Å². The van der Waals surface area contributed by atoms with Gasteiger partial charge in [0.05, 0.1) is 7.11 Å². The van der Waals surface area contributed by atoms with Gasteiger partial charge in [0.2, 0.25) is 0 Å². The van der Waals surface area contributed by atoms with Crippen LogP contribution >= 0.6 is 15.9 Å². The molecule has 4 nitrogen and oxygen atoms in total. The number of aromatic amines is 1. The first kappa shape index (κ1) is 21.5. The summed E-state index contributed by atoms with van der Waals surface area (Å²) in [6, 6.07) is 24.7. The first-order valence-corrected chi connectivity index (χ1v) is 12.6. The van der Waals surface area contributed by atoms with Crippen LogP contribution in [0.3, 0.4) is 0 Å². The molecule has 1 aliphatic heterocycles. The van der Waals surface area contributed by atoms with Crippen molar-refractivity contribution >= 4 is 32.7 Å². The third-order valence-corrected chi connectivity index (χ3v) is 8.40. The maximum Gasteiger partial charge on any atom is 0.253 e. The molecule has 0 spiro atoms. The number of methoxy groups -OCH3 is 1. The van der Waals surface area contributed by atoms with Gasteiger partial charge in [0.1, 0.15) is 5.75 Å². The third kappa shape index (κ3) is 3.45. The molecule has 3 aromatic carbocycles. The summed E-state index contributed by atoms with van der Waals surface area (Å²) in [5.74, 6) is 1.35. The van der Waals surface area contributed by atoms with E-state index in [-0.39, 0.29) is 11.3 Å². The van der Waals surface area contributed by atoms with Crippen LogP contribution in [0.2, 0.25) is 0 Å². The highest BCUT2D eigenvalue weighted by Crippen LogP contribution is 2.49. The number of aromatic nitrogens is 1. The Labute approximate surface area is 208 Å². The van der Waals surface area contributed by atoms with Crippen LogP contribution in [0.15, 0.2) is 77.3 Å². The molecule has 0 saturated carbocycles. The summed E-state index contributed by atoms with van der Waals surface area (Å²) >= 11 is 3.62. The van der Waals surface area contributed by atoms with Gasteiger partial charge in [0.25, 0.3) is 5.91 Å². The van der Waals surface area contributed by atoms with E-state index in [0.717, 1.165) is 48.1 Å². The number of carbonyl (C=O) groups excluding carboxylic acids is 1. The summed E-state index contributed by atoms with van der Waals surface area (Å²) in [7, 11) is 1.73. The lowest BCUT2D eigenvalue weighted by Gasteiger charge is -2.51. The van der Waals surface area contributed by atoms with Crippen molar-refractivity contribution in [3.63, 3.8) is 0 Å². The van der Waals surface area contributed by atoms with E-state index < -0.39 is 0 Å². The maximum absolute atomic E-state index is 13.4. The molecule has 0 radical (unpaired) electrons. The summed E-state index contributed by atoms with van der Waals surface area (Å²) in [6.07, 6.45) is 2.83. The van der Waals surface area contributed by atoms with Crippen LogP contribution in [0.5, 0.6) is 5.75 Å². The lowest BCUT2D eigenvalue weighted by molar-refractivity contribution is 0.0501. The molecule has 4 aromatic rings. The molecule has 1 aromatic heterocycles.